The predicted octanol–water partition coefficient (Wildman–Crippen LogP) is 0.788. The zero-order valence-corrected chi connectivity index (χ0v) is 10.1. The normalized spacial score (nSPS) is 10.3. The van der Waals surface area contributed by atoms with E-state index in [9.17, 15) is 9.59 Å². The molecule has 18 heavy (non-hydrogen) atoms. The maximum absolute atomic E-state index is 11.5. The van der Waals surface area contributed by atoms with E-state index in [1.807, 2.05) is 24.3 Å². The number of hydrogen-bond acceptors (Lipinski definition) is 3. The Labute approximate surface area is 104 Å². The first-order valence-electron chi connectivity index (χ1n) is 5.62. The molecule has 1 heterocycles. The Morgan fingerprint density at radius 3 is 2.83 bits per heavy atom. The smallest absolute Gasteiger partial charge is 0.328 e. The lowest BCUT2D eigenvalue weighted by molar-refractivity contribution is 0.414. The first-order valence-corrected chi connectivity index (χ1v) is 5.62. The molecule has 0 spiro atoms. The fraction of sp³-hybridized carbons (Fsp3) is 0.231. The lowest BCUT2D eigenvalue weighted by atomic mass is 10.1. The van der Waals surface area contributed by atoms with Crippen LogP contribution in [0, 0.1) is 0 Å². The molecule has 2 rings (SSSR count). The number of aryl methyl sites for hydroxylation is 2. The fourth-order valence-electron chi connectivity index (χ4n) is 1.70. The molecule has 0 radical (unpaired) electrons. The highest BCUT2D eigenvalue weighted by Gasteiger charge is 1.99. The molecule has 0 amide bonds. The first kappa shape index (κ1) is 12.2. The van der Waals surface area contributed by atoms with Crippen LogP contribution < -0.4 is 16.0 Å². The molecular formula is C13H14N2O3. The molecule has 0 atom stereocenters. The van der Waals surface area contributed by atoms with Crippen LogP contribution in [-0.4, -0.2) is 16.7 Å². The lowest BCUT2D eigenvalue weighted by Crippen LogP contribution is -2.29. The van der Waals surface area contributed by atoms with Crippen molar-refractivity contribution in [1.82, 2.24) is 9.55 Å². The second-order valence-electron chi connectivity index (χ2n) is 3.91. The summed E-state index contributed by atoms with van der Waals surface area (Å²) in [6.45, 7) is 0.517. The zero-order chi connectivity index (χ0) is 13.0. The minimum Gasteiger partial charge on any atom is -0.497 e. The van der Waals surface area contributed by atoms with Gasteiger partial charge in [-0.2, -0.15) is 0 Å². The van der Waals surface area contributed by atoms with Crippen LogP contribution in [0.15, 0.2) is 46.1 Å². The van der Waals surface area contributed by atoms with Crippen LogP contribution in [0.25, 0.3) is 0 Å². The number of nitrogens with one attached hydrogen (secondary N) is 1. The minimum atomic E-state index is -0.384. The Bertz CT molecular complexity index is 643. The van der Waals surface area contributed by atoms with Crippen molar-refractivity contribution in [2.24, 2.45) is 0 Å². The van der Waals surface area contributed by atoms with E-state index in [0.717, 1.165) is 11.3 Å². The molecule has 94 valence electrons. The molecule has 0 aliphatic carbocycles. The van der Waals surface area contributed by atoms with Gasteiger partial charge in [-0.25, -0.2) is 4.79 Å². The second kappa shape index (κ2) is 5.35. The second-order valence-corrected chi connectivity index (χ2v) is 3.91. The highest BCUT2D eigenvalue weighted by atomic mass is 16.5. The average Bonchev–Trinajstić information content (AvgIpc) is 2.38. The van der Waals surface area contributed by atoms with E-state index in [-0.39, 0.29) is 11.2 Å². The topological polar surface area (TPSA) is 64.1 Å². The Morgan fingerprint density at radius 2 is 2.11 bits per heavy atom. The molecular weight excluding hydrogens is 232 g/mol. The van der Waals surface area contributed by atoms with Gasteiger partial charge >= 0.3 is 5.69 Å². The third-order valence-electron chi connectivity index (χ3n) is 2.67. The number of aromatic amines is 1. The van der Waals surface area contributed by atoms with Crippen LogP contribution in [0.5, 0.6) is 5.75 Å². The molecule has 0 aliphatic rings. The van der Waals surface area contributed by atoms with Crippen molar-refractivity contribution in [2.75, 3.05) is 7.11 Å². The number of H-pyrrole nitrogens is 1. The van der Waals surface area contributed by atoms with Gasteiger partial charge < -0.3 is 9.30 Å². The molecule has 0 aliphatic heterocycles. The molecule has 2 aromatic rings. The first-order chi connectivity index (χ1) is 8.69. The maximum atomic E-state index is 11.5. The fourth-order valence-corrected chi connectivity index (χ4v) is 1.70. The molecule has 5 nitrogen and oxygen atoms in total. The summed E-state index contributed by atoms with van der Waals surface area (Å²) in [6, 6.07) is 9.02. The molecule has 0 fully saturated rings. The SMILES string of the molecule is COc1cccc(CCn2ccc(=O)[nH]c2=O)c1. The van der Waals surface area contributed by atoms with Crippen LogP contribution in [0.3, 0.4) is 0 Å². The largest absolute Gasteiger partial charge is 0.497 e. The highest BCUT2D eigenvalue weighted by molar-refractivity contribution is 5.28. The van der Waals surface area contributed by atoms with Crippen LogP contribution in [-0.2, 0) is 13.0 Å². The maximum Gasteiger partial charge on any atom is 0.328 e. The summed E-state index contributed by atoms with van der Waals surface area (Å²) in [5.41, 5.74) is 0.315. The van der Waals surface area contributed by atoms with E-state index >= 15 is 0 Å². The van der Waals surface area contributed by atoms with Gasteiger partial charge in [0, 0.05) is 18.8 Å². The van der Waals surface area contributed by atoms with E-state index in [1.165, 1.54) is 16.8 Å². The number of methoxy groups -OCH3 is 1. The quantitative estimate of drug-likeness (QED) is 0.867. The monoisotopic (exact) mass is 246 g/mol. The number of hydrogen-bond donors (Lipinski definition) is 1. The summed E-state index contributed by atoms with van der Waals surface area (Å²) >= 11 is 0. The van der Waals surface area contributed by atoms with Crippen molar-refractivity contribution in [2.45, 2.75) is 13.0 Å². The number of nitrogens with zero attached hydrogens (tertiary/aromatic N) is 1. The summed E-state index contributed by atoms with van der Waals surface area (Å²) in [7, 11) is 1.62. The van der Waals surface area contributed by atoms with Gasteiger partial charge in [0.05, 0.1) is 7.11 Å². The van der Waals surface area contributed by atoms with E-state index in [2.05, 4.69) is 4.98 Å². The van der Waals surface area contributed by atoms with Crippen molar-refractivity contribution in [1.29, 1.82) is 0 Å². The van der Waals surface area contributed by atoms with E-state index < -0.39 is 0 Å². The van der Waals surface area contributed by atoms with Crippen LogP contribution in [0.4, 0.5) is 0 Å². The van der Waals surface area contributed by atoms with E-state index in [1.54, 1.807) is 7.11 Å². The van der Waals surface area contributed by atoms with Gasteiger partial charge in [-0.3, -0.25) is 9.78 Å². The van der Waals surface area contributed by atoms with Crippen molar-refractivity contribution in [3.05, 3.63) is 62.9 Å². The third-order valence-corrected chi connectivity index (χ3v) is 2.67. The highest BCUT2D eigenvalue weighted by Crippen LogP contribution is 2.13. The molecule has 0 saturated heterocycles. The van der Waals surface area contributed by atoms with Crippen molar-refractivity contribution >= 4 is 0 Å². The molecule has 0 bridgehead atoms. The minimum absolute atomic E-state index is 0.377. The Hall–Kier alpha value is -2.30. The Morgan fingerprint density at radius 1 is 1.28 bits per heavy atom. The molecule has 0 unspecified atom stereocenters. The van der Waals surface area contributed by atoms with Crippen molar-refractivity contribution in [3.63, 3.8) is 0 Å². The van der Waals surface area contributed by atoms with Gasteiger partial charge in [-0.05, 0) is 24.1 Å². The average molecular weight is 246 g/mol. The van der Waals surface area contributed by atoms with E-state index in [4.69, 9.17) is 4.74 Å². The zero-order valence-electron chi connectivity index (χ0n) is 10.1. The molecule has 5 heteroatoms. The number of aromatic nitrogens is 2. The summed E-state index contributed by atoms with van der Waals surface area (Å²) in [4.78, 5) is 24.6. The van der Waals surface area contributed by atoms with Gasteiger partial charge in [-0.15, -0.1) is 0 Å². The van der Waals surface area contributed by atoms with Crippen molar-refractivity contribution < 1.29 is 4.74 Å². The third kappa shape index (κ3) is 2.88. The molecule has 1 aromatic heterocycles. The van der Waals surface area contributed by atoms with Crippen LogP contribution in [0.1, 0.15) is 5.56 Å². The summed E-state index contributed by atoms with van der Waals surface area (Å²) in [5.74, 6) is 0.793. The predicted molar refractivity (Wildman–Crippen MR) is 68.0 cm³/mol. The number of benzene rings is 1. The lowest BCUT2D eigenvalue weighted by Gasteiger charge is -2.06. The van der Waals surface area contributed by atoms with Crippen LogP contribution >= 0.6 is 0 Å². The van der Waals surface area contributed by atoms with Crippen LogP contribution in [0.2, 0.25) is 0 Å². The van der Waals surface area contributed by atoms with E-state index in [0.29, 0.717) is 13.0 Å². The summed E-state index contributed by atoms with van der Waals surface area (Å²) in [5, 5.41) is 0. The summed E-state index contributed by atoms with van der Waals surface area (Å²) < 4.78 is 6.60. The standard InChI is InChI=1S/C13H14N2O3/c1-18-11-4-2-3-10(9-11)5-7-15-8-6-12(16)14-13(15)17/h2-4,6,8-9H,5,7H2,1H3,(H,14,16,17). The van der Waals surface area contributed by atoms with Gasteiger partial charge in [0.15, 0.2) is 0 Å². The molecule has 1 aromatic carbocycles. The molecule has 0 saturated carbocycles. The number of ether oxygens (including phenoxy) is 1. The van der Waals surface area contributed by atoms with Gasteiger partial charge in [0.2, 0.25) is 0 Å². The summed E-state index contributed by atoms with van der Waals surface area (Å²) in [6.07, 6.45) is 2.20. The molecule has 1 N–H and O–H groups in total. The Balaban J connectivity index is 2.11. The Kier molecular flexibility index (Phi) is 3.62. The number of rotatable bonds is 4. The van der Waals surface area contributed by atoms with Crippen molar-refractivity contribution in [3.8, 4) is 5.75 Å². The van der Waals surface area contributed by atoms with Gasteiger partial charge in [-0.1, -0.05) is 12.1 Å². The van der Waals surface area contributed by atoms with Gasteiger partial charge in [0.25, 0.3) is 5.56 Å². The van der Waals surface area contributed by atoms with Gasteiger partial charge in [0.1, 0.15) is 5.75 Å².